The fraction of sp³-hybridized carbons (Fsp3) is 0.591. The first kappa shape index (κ1) is 24.6. The van der Waals surface area contributed by atoms with E-state index >= 15 is 0 Å². The molecule has 0 saturated carbocycles. The third kappa shape index (κ3) is 7.16. The van der Waals surface area contributed by atoms with Crippen LogP contribution in [0.1, 0.15) is 53.4 Å². The maximum Gasteiger partial charge on any atom is 0.328 e. The minimum atomic E-state index is -1.08. The Morgan fingerprint density at radius 3 is 2.24 bits per heavy atom. The molecule has 1 rings (SSSR count). The fourth-order valence-electron chi connectivity index (χ4n) is 3.15. The molecule has 0 saturated heterocycles. The van der Waals surface area contributed by atoms with Crippen LogP contribution in [0.2, 0.25) is 0 Å². The van der Waals surface area contributed by atoms with Crippen LogP contribution < -0.4 is 10.2 Å². The van der Waals surface area contributed by atoms with Crippen molar-refractivity contribution in [2.45, 2.75) is 65.5 Å². The van der Waals surface area contributed by atoms with Crippen LogP contribution in [0.25, 0.3) is 0 Å². The molecule has 0 bridgehead atoms. The zero-order chi connectivity index (χ0) is 22.0. The molecule has 7 nitrogen and oxygen atoms in total. The second kappa shape index (κ2) is 11.6. The van der Waals surface area contributed by atoms with Gasteiger partial charge in [0, 0.05) is 5.69 Å². The summed E-state index contributed by atoms with van der Waals surface area (Å²) in [5.74, 6) is -2.12. The van der Waals surface area contributed by atoms with E-state index in [0.29, 0.717) is 12.2 Å². The highest BCUT2D eigenvalue weighted by Crippen LogP contribution is 2.29. The van der Waals surface area contributed by atoms with E-state index in [1.807, 2.05) is 0 Å². The van der Waals surface area contributed by atoms with E-state index in [9.17, 15) is 19.5 Å². The predicted octanol–water partition coefficient (Wildman–Crippen LogP) is 3.23. The van der Waals surface area contributed by atoms with Gasteiger partial charge in [-0.15, -0.1) is 0 Å². The topological polar surface area (TPSA) is 95.9 Å². The molecular weight excluding hydrogens is 372 g/mol. The lowest BCUT2D eigenvalue weighted by atomic mass is 9.81. The number of esters is 1. The van der Waals surface area contributed by atoms with Gasteiger partial charge in [-0.2, -0.15) is 0 Å². The molecule has 0 radical (unpaired) electrons. The van der Waals surface area contributed by atoms with Gasteiger partial charge < -0.3 is 15.2 Å². The van der Waals surface area contributed by atoms with Crippen molar-refractivity contribution in [1.82, 2.24) is 5.32 Å². The molecule has 2 N–H and O–H groups in total. The zero-order valence-corrected chi connectivity index (χ0v) is 18.1. The van der Waals surface area contributed by atoms with E-state index in [-0.39, 0.29) is 11.8 Å². The molecule has 162 valence electrons. The maximum atomic E-state index is 13.3. The average molecular weight is 407 g/mol. The average Bonchev–Trinajstić information content (AvgIpc) is 2.72. The highest BCUT2D eigenvalue weighted by Gasteiger charge is 2.34. The van der Waals surface area contributed by atoms with Crippen LogP contribution in [0.3, 0.4) is 0 Å². The van der Waals surface area contributed by atoms with Crippen molar-refractivity contribution >= 4 is 23.5 Å². The number of ether oxygens (including phenoxy) is 1. The number of hydrogen-bond donors (Lipinski definition) is 2. The lowest BCUT2D eigenvalue weighted by Crippen LogP contribution is -2.53. The predicted molar refractivity (Wildman–Crippen MR) is 113 cm³/mol. The van der Waals surface area contributed by atoms with Gasteiger partial charge in [0.25, 0.3) is 0 Å². The summed E-state index contributed by atoms with van der Waals surface area (Å²) >= 11 is 0. The Kier molecular flexibility index (Phi) is 9.81. The Morgan fingerprint density at radius 2 is 1.76 bits per heavy atom. The van der Waals surface area contributed by atoms with Crippen LogP contribution in [0.5, 0.6) is 0 Å². The first-order valence-corrected chi connectivity index (χ1v) is 10.1. The lowest BCUT2D eigenvalue weighted by Gasteiger charge is -2.32. The van der Waals surface area contributed by atoms with Crippen molar-refractivity contribution in [2.24, 2.45) is 5.41 Å². The number of amides is 1. The Bertz CT molecular complexity index is 673. The molecule has 0 unspecified atom stereocenters. The number of nitrogens with one attached hydrogen (secondary N) is 1. The van der Waals surface area contributed by atoms with Gasteiger partial charge in [-0.05, 0) is 37.4 Å². The summed E-state index contributed by atoms with van der Waals surface area (Å²) in [7, 11) is 1.26. The minimum absolute atomic E-state index is 0.127. The van der Waals surface area contributed by atoms with Crippen LogP contribution in [0.4, 0.5) is 5.69 Å². The molecule has 2 atom stereocenters. The number of aliphatic carboxylic acids is 1. The summed E-state index contributed by atoms with van der Waals surface area (Å²) in [5, 5.41) is 12.4. The fourth-order valence-corrected chi connectivity index (χ4v) is 3.15. The SMILES string of the molecule is CCC(C)(CC)CCN[C@@H](CC(=O)O)C(=O)N(c1ccccc1)[C@@H](C)C(=O)OC. The van der Waals surface area contributed by atoms with Gasteiger partial charge in [-0.3, -0.25) is 14.5 Å². The number of anilines is 1. The van der Waals surface area contributed by atoms with Gasteiger partial charge in [0.05, 0.1) is 19.6 Å². The number of carbonyl (C=O) groups excluding carboxylic acids is 2. The Hall–Kier alpha value is -2.41. The molecule has 0 aliphatic rings. The number of para-hydroxylation sites is 1. The quantitative estimate of drug-likeness (QED) is 0.518. The summed E-state index contributed by atoms with van der Waals surface area (Å²) in [6, 6.07) is 6.90. The molecule has 0 aliphatic heterocycles. The van der Waals surface area contributed by atoms with Crippen molar-refractivity contribution < 1.29 is 24.2 Å². The first-order chi connectivity index (χ1) is 13.7. The summed E-state index contributed by atoms with van der Waals surface area (Å²) in [6.45, 7) is 8.51. The van der Waals surface area contributed by atoms with E-state index in [0.717, 1.165) is 19.3 Å². The molecular formula is C22H34N2O5. The molecule has 1 aromatic carbocycles. The van der Waals surface area contributed by atoms with Gasteiger partial charge in [-0.1, -0.05) is 51.8 Å². The van der Waals surface area contributed by atoms with Crippen LogP contribution in [0.15, 0.2) is 30.3 Å². The second-order valence-electron chi connectivity index (χ2n) is 7.62. The molecule has 29 heavy (non-hydrogen) atoms. The normalized spacial score (nSPS) is 13.4. The van der Waals surface area contributed by atoms with Crippen LogP contribution in [-0.4, -0.2) is 48.7 Å². The number of nitrogens with zero attached hydrogens (tertiary/aromatic N) is 1. The standard InChI is InChI=1S/C22H34N2O5/c1-6-22(4,7-2)13-14-23-18(15-19(25)26)20(27)24(16(3)21(28)29-5)17-11-9-8-10-12-17/h8-12,16,18,23H,6-7,13-15H2,1-5H3,(H,25,26)/t16-,18-/m0/s1. The number of carbonyl (C=O) groups is 3. The van der Waals surface area contributed by atoms with E-state index in [4.69, 9.17) is 4.74 Å². The molecule has 0 aromatic heterocycles. The van der Waals surface area contributed by atoms with Crippen molar-refractivity contribution in [3.8, 4) is 0 Å². The zero-order valence-electron chi connectivity index (χ0n) is 18.1. The maximum absolute atomic E-state index is 13.3. The van der Waals surface area contributed by atoms with Crippen LogP contribution >= 0.6 is 0 Å². The Morgan fingerprint density at radius 1 is 1.17 bits per heavy atom. The van der Waals surface area contributed by atoms with Crippen molar-refractivity contribution in [2.75, 3.05) is 18.6 Å². The minimum Gasteiger partial charge on any atom is -0.481 e. The van der Waals surface area contributed by atoms with E-state index in [1.165, 1.54) is 12.0 Å². The summed E-state index contributed by atoms with van der Waals surface area (Å²) in [5.41, 5.74) is 0.641. The van der Waals surface area contributed by atoms with Crippen molar-refractivity contribution in [1.29, 1.82) is 0 Å². The van der Waals surface area contributed by atoms with Crippen molar-refractivity contribution in [3.63, 3.8) is 0 Å². The lowest BCUT2D eigenvalue weighted by molar-refractivity contribution is -0.143. The molecule has 7 heteroatoms. The largest absolute Gasteiger partial charge is 0.481 e. The second-order valence-corrected chi connectivity index (χ2v) is 7.62. The highest BCUT2D eigenvalue weighted by molar-refractivity contribution is 6.03. The number of carboxylic acids is 1. The van der Waals surface area contributed by atoms with Gasteiger partial charge in [0.15, 0.2) is 0 Å². The first-order valence-electron chi connectivity index (χ1n) is 10.1. The third-order valence-electron chi connectivity index (χ3n) is 5.70. The monoisotopic (exact) mass is 406 g/mol. The van der Waals surface area contributed by atoms with Gasteiger partial charge in [0.2, 0.25) is 5.91 Å². The van der Waals surface area contributed by atoms with Crippen molar-refractivity contribution in [3.05, 3.63) is 30.3 Å². The molecule has 1 amide bonds. The number of hydrogen-bond acceptors (Lipinski definition) is 5. The summed E-state index contributed by atoms with van der Waals surface area (Å²) in [6.07, 6.45) is 2.45. The molecule has 1 aromatic rings. The van der Waals surface area contributed by atoms with Gasteiger partial charge >= 0.3 is 11.9 Å². The smallest absolute Gasteiger partial charge is 0.328 e. The molecule has 0 heterocycles. The van der Waals surface area contributed by atoms with Crippen LogP contribution in [0, 0.1) is 5.41 Å². The molecule has 0 aliphatic carbocycles. The summed E-state index contributed by atoms with van der Waals surface area (Å²) < 4.78 is 4.81. The molecule has 0 spiro atoms. The number of rotatable bonds is 12. The van der Waals surface area contributed by atoms with E-state index < -0.39 is 29.9 Å². The molecule has 0 fully saturated rings. The number of benzene rings is 1. The van der Waals surface area contributed by atoms with E-state index in [1.54, 1.807) is 37.3 Å². The Labute approximate surface area is 173 Å². The van der Waals surface area contributed by atoms with Crippen LogP contribution in [-0.2, 0) is 19.1 Å². The highest BCUT2D eigenvalue weighted by atomic mass is 16.5. The Balaban J connectivity index is 3.10. The summed E-state index contributed by atoms with van der Waals surface area (Å²) in [4.78, 5) is 38.2. The third-order valence-corrected chi connectivity index (χ3v) is 5.70. The van der Waals surface area contributed by atoms with E-state index in [2.05, 4.69) is 26.1 Å². The number of methoxy groups -OCH3 is 1. The van der Waals surface area contributed by atoms with Gasteiger partial charge in [0.1, 0.15) is 6.04 Å². The number of carboxylic acid groups (broad SMARTS) is 1. The van der Waals surface area contributed by atoms with Gasteiger partial charge in [-0.25, -0.2) is 4.79 Å².